The van der Waals surface area contributed by atoms with Gasteiger partial charge in [0.1, 0.15) is 5.76 Å². The molecule has 0 spiro atoms. The van der Waals surface area contributed by atoms with Crippen LogP contribution in [0.4, 0.5) is 0 Å². The van der Waals surface area contributed by atoms with Gasteiger partial charge in [-0.2, -0.15) is 0 Å². The third-order valence-corrected chi connectivity index (χ3v) is 3.87. The van der Waals surface area contributed by atoms with Gasteiger partial charge >= 0.3 is 0 Å². The third kappa shape index (κ3) is 2.35. The second-order valence-electron chi connectivity index (χ2n) is 5.08. The number of aryl methyl sites for hydroxylation is 1. The van der Waals surface area contributed by atoms with E-state index >= 15 is 0 Å². The van der Waals surface area contributed by atoms with E-state index in [0.717, 1.165) is 18.4 Å². The van der Waals surface area contributed by atoms with Crippen molar-refractivity contribution in [2.45, 2.75) is 18.4 Å². The first-order valence-corrected chi connectivity index (χ1v) is 6.94. The molecule has 0 aromatic heterocycles. The van der Waals surface area contributed by atoms with E-state index in [2.05, 4.69) is 12.1 Å². The van der Waals surface area contributed by atoms with Gasteiger partial charge in [0.25, 0.3) is 0 Å². The Balaban J connectivity index is 1.87. The van der Waals surface area contributed by atoms with E-state index < -0.39 is 5.60 Å². The van der Waals surface area contributed by atoms with E-state index in [-0.39, 0.29) is 0 Å². The molecule has 2 heteroatoms. The Labute approximate surface area is 119 Å². The molecular formula is C18H18O2. The smallest absolute Gasteiger partial charge is 0.150 e. The number of ether oxygens (including phenoxy) is 1. The topological polar surface area (TPSA) is 29.5 Å². The molecule has 1 unspecified atom stereocenters. The molecule has 1 aliphatic rings. The van der Waals surface area contributed by atoms with Gasteiger partial charge in [-0.25, -0.2) is 0 Å². The Morgan fingerprint density at radius 3 is 2.20 bits per heavy atom. The summed E-state index contributed by atoms with van der Waals surface area (Å²) in [4.78, 5) is 0. The fourth-order valence-corrected chi connectivity index (χ4v) is 2.75. The van der Waals surface area contributed by atoms with Crippen LogP contribution in [0.5, 0.6) is 0 Å². The second-order valence-corrected chi connectivity index (χ2v) is 5.08. The van der Waals surface area contributed by atoms with Gasteiger partial charge < -0.3 is 9.84 Å². The van der Waals surface area contributed by atoms with Crippen molar-refractivity contribution in [1.29, 1.82) is 0 Å². The molecule has 1 atom stereocenters. The molecule has 0 saturated carbocycles. The summed E-state index contributed by atoms with van der Waals surface area (Å²) in [5.41, 5.74) is 1.59. The van der Waals surface area contributed by atoms with Crippen molar-refractivity contribution >= 4 is 0 Å². The van der Waals surface area contributed by atoms with E-state index in [4.69, 9.17) is 4.74 Å². The highest BCUT2D eigenvalue weighted by Crippen LogP contribution is 2.40. The Morgan fingerprint density at radius 1 is 0.950 bits per heavy atom. The average molecular weight is 266 g/mol. The molecule has 2 nitrogen and oxygen atoms in total. The number of hydrogen-bond acceptors (Lipinski definition) is 2. The monoisotopic (exact) mass is 266 g/mol. The van der Waals surface area contributed by atoms with Crippen LogP contribution >= 0.6 is 0 Å². The minimum atomic E-state index is -0.683. The van der Waals surface area contributed by atoms with Crippen molar-refractivity contribution in [2.75, 3.05) is 6.61 Å². The maximum atomic E-state index is 10.3. The average Bonchev–Trinajstić information content (AvgIpc) is 2.89. The molecule has 1 aliphatic heterocycles. The summed E-state index contributed by atoms with van der Waals surface area (Å²) in [5.74, 6) is 0.333. The summed E-state index contributed by atoms with van der Waals surface area (Å²) in [6.45, 7) is 0.468. The molecule has 102 valence electrons. The zero-order valence-corrected chi connectivity index (χ0v) is 11.3. The lowest BCUT2D eigenvalue weighted by Crippen LogP contribution is -2.29. The third-order valence-electron chi connectivity index (χ3n) is 3.87. The molecule has 1 N–H and O–H groups in total. The maximum absolute atomic E-state index is 10.3. The van der Waals surface area contributed by atoms with Crippen LogP contribution < -0.4 is 0 Å². The van der Waals surface area contributed by atoms with Crippen molar-refractivity contribution in [2.24, 2.45) is 0 Å². The van der Waals surface area contributed by atoms with Gasteiger partial charge in [0.05, 0.1) is 6.61 Å². The molecule has 0 fully saturated rings. The van der Waals surface area contributed by atoms with Crippen molar-refractivity contribution in [1.82, 2.24) is 0 Å². The Morgan fingerprint density at radius 2 is 1.60 bits per heavy atom. The van der Waals surface area contributed by atoms with Gasteiger partial charge in [-0.05, 0) is 30.0 Å². The molecule has 0 saturated heterocycles. The van der Waals surface area contributed by atoms with Crippen LogP contribution in [0.3, 0.4) is 0 Å². The molecular weight excluding hydrogens is 248 g/mol. The molecule has 0 bridgehead atoms. The van der Waals surface area contributed by atoms with Crippen LogP contribution in [-0.4, -0.2) is 11.7 Å². The quantitative estimate of drug-likeness (QED) is 0.906. The van der Waals surface area contributed by atoms with E-state index in [1.807, 2.05) is 48.5 Å². The first-order valence-electron chi connectivity index (χ1n) is 6.94. The molecule has 2 aromatic carbocycles. The highest BCUT2D eigenvalue weighted by Gasteiger charge is 2.40. The highest BCUT2D eigenvalue weighted by molar-refractivity contribution is 5.33. The Kier molecular flexibility index (Phi) is 3.57. The van der Waals surface area contributed by atoms with Gasteiger partial charge in [-0.3, -0.25) is 0 Å². The molecule has 0 aliphatic carbocycles. The normalized spacial score (nSPS) is 21.7. The van der Waals surface area contributed by atoms with Crippen LogP contribution in [0, 0.1) is 0 Å². The van der Waals surface area contributed by atoms with Crippen molar-refractivity contribution in [3.8, 4) is 0 Å². The number of aliphatic hydroxyl groups excluding tert-OH is 1. The predicted octanol–water partition coefficient (Wildman–Crippen LogP) is 3.99. The summed E-state index contributed by atoms with van der Waals surface area (Å²) in [5, 5.41) is 10.3. The first-order chi connectivity index (χ1) is 9.81. The van der Waals surface area contributed by atoms with Crippen LogP contribution in [-0.2, 0) is 16.8 Å². The molecule has 0 amide bonds. The standard InChI is InChI=1S/C18H18O2/c19-17-12-14-20-18(17,16-9-5-2-6-10-16)13-11-15-7-3-1-4-8-15/h1-10,12,19H,11,13-14H2. The lowest BCUT2D eigenvalue weighted by molar-refractivity contribution is -0.0170. The van der Waals surface area contributed by atoms with Crippen LogP contribution in [0.1, 0.15) is 17.5 Å². The van der Waals surface area contributed by atoms with Gasteiger partial charge in [0.2, 0.25) is 0 Å². The molecule has 3 rings (SSSR count). The summed E-state index contributed by atoms with van der Waals surface area (Å²) in [7, 11) is 0. The molecule has 0 radical (unpaired) electrons. The lowest BCUT2D eigenvalue weighted by Gasteiger charge is -2.29. The fourth-order valence-electron chi connectivity index (χ4n) is 2.75. The fraction of sp³-hybridized carbons (Fsp3) is 0.222. The van der Waals surface area contributed by atoms with Gasteiger partial charge in [-0.15, -0.1) is 0 Å². The molecule has 2 aromatic rings. The number of rotatable bonds is 4. The number of hydrogen-bond donors (Lipinski definition) is 1. The van der Waals surface area contributed by atoms with Gasteiger partial charge in [-0.1, -0.05) is 60.7 Å². The minimum absolute atomic E-state index is 0.333. The van der Waals surface area contributed by atoms with Crippen LogP contribution in [0.2, 0.25) is 0 Å². The van der Waals surface area contributed by atoms with Crippen molar-refractivity contribution < 1.29 is 9.84 Å². The highest BCUT2D eigenvalue weighted by atomic mass is 16.5. The SMILES string of the molecule is OC1=CCOC1(CCc1ccccc1)c1ccccc1. The maximum Gasteiger partial charge on any atom is 0.150 e. The minimum Gasteiger partial charge on any atom is -0.509 e. The van der Waals surface area contributed by atoms with E-state index in [0.29, 0.717) is 12.4 Å². The second kappa shape index (κ2) is 5.51. The Hall–Kier alpha value is -2.06. The van der Waals surface area contributed by atoms with Crippen LogP contribution in [0.25, 0.3) is 0 Å². The van der Waals surface area contributed by atoms with E-state index in [1.54, 1.807) is 6.08 Å². The van der Waals surface area contributed by atoms with Crippen LogP contribution in [0.15, 0.2) is 72.5 Å². The summed E-state index contributed by atoms with van der Waals surface area (Å²) in [6, 6.07) is 20.3. The zero-order chi connectivity index (χ0) is 13.8. The number of benzene rings is 2. The van der Waals surface area contributed by atoms with E-state index in [1.165, 1.54) is 5.56 Å². The van der Waals surface area contributed by atoms with E-state index in [9.17, 15) is 5.11 Å². The molecule has 1 heterocycles. The van der Waals surface area contributed by atoms with Gasteiger partial charge in [0.15, 0.2) is 5.60 Å². The van der Waals surface area contributed by atoms with Crippen molar-refractivity contribution in [3.63, 3.8) is 0 Å². The lowest BCUT2D eigenvalue weighted by atomic mass is 9.86. The summed E-state index contributed by atoms with van der Waals surface area (Å²) >= 11 is 0. The predicted molar refractivity (Wildman–Crippen MR) is 79.5 cm³/mol. The summed E-state index contributed by atoms with van der Waals surface area (Å²) in [6.07, 6.45) is 3.37. The largest absolute Gasteiger partial charge is 0.509 e. The zero-order valence-electron chi connectivity index (χ0n) is 11.3. The number of aliphatic hydroxyl groups is 1. The summed E-state index contributed by atoms with van der Waals surface area (Å²) < 4.78 is 5.92. The first kappa shape index (κ1) is 12.9. The van der Waals surface area contributed by atoms with Crippen molar-refractivity contribution in [3.05, 3.63) is 83.6 Å². The van der Waals surface area contributed by atoms with Gasteiger partial charge in [0, 0.05) is 0 Å². The Bertz CT molecular complexity index is 589. The molecule has 20 heavy (non-hydrogen) atoms.